The molecule has 7 nitrogen and oxygen atoms in total. The molecule has 0 fully saturated rings. The molecule has 0 spiro atoms. The average Bonchev–Trinajstić information content (AvgIpc) is 2.21. The van der Waals surface area contributed by atoms with Crippen molar-refractivity contribution in [2.45, 2.75) is 20.3 Å². The maximum atomic E-state index is 10.7. The molecular weight excluding hydrogens is 210 g/mol. The Bertz CT molecular complexity index is 210. The molecule has 0 rings (SSSR count). The number of hydrogen-bond acceptors (Lipinski definition) is 5. The first kappa shape index (κ1) is 14.8. The van der Waals surface area contributed by atoms with Crippen molar-refractivity contribution in [3.05, 3.63) is 0 Å². The normalized spacial score (nSPS) is 10.0. The van der Waals surface area contributed by atoms with Crippen LogP contribution in [0.1, 0.15) is 20.3 Å². The maximum Gasteiger partial charge on any atom is 0.233 e. The first-order valence-electron chi connectivity index (χ1n) is 5.21. The molecule has 7 heteroatoms. The van der Waals surface area contributed by atoms with Crippen LogP contribution in [0.15, 0.2) is 0 Å². The molecule has 2 amide bonds. The molecule has 0 unspecified atom stereocenters. The summed E-state index contributed by atoms with van der Waals surface area (Å²) in [5.74, 6) is 10.5. The van der Waals surface area contributed by atoms with E-state index in [1.807, 2.05) is 0 Å². The van der Waals surface area contributed by atoms with Crippen molar-refractivity contribution in [2.75, 3.05) is 26.2 Å². The van der Waals surface area contributed by atoms with E-state index in [0.717, 1.165) is 18.0 Å². The van der Waals surface area contributed by atoms with Crippen LogP contribution in [0.4, 0.5) is 0 Å². The number of hydrogen-bond donors (Lipinski definition) is 3. The Morgan fingerprint density at radius 2 is 1.50 bits per heavy atom. The third-order valence-electron chi connectivity index (χ3n) is 2.09. The quantitative estimate of drug-likeness (QED) is 0.212. The molecule has 0 aliphatic carbocycles. The lowest BCUT2D eigenvalue weighted by atomic mass is 10.4. The van der Waals surface area contributed by atoms with Gasteiger partial charge in [0.25, 0.3) is 0 Å². The molecule has 0 aromatic carbocycles. The molecule has 0 aromatic heterocycles. The highest BCUT2D eigenvalue weighted by Gasteiger charge is 2.02. The van der Waals surface area contributed by atoms with Crippen LogP contribution in [0.25, 0.3) is 0 Å². The van der Waals surface area contributed by atoms with Crippen molar-refractivity contribution in [3.8, 4) is 0 Å². The first-order chi connectivity index (χ1) is 7.45. The van der Waals surface area contributed by atoms with Gasteiger partial charge in [-0.15, -0.1) is 0 Å². The number of nitrogens with two attached hydrogens (primary N) is 2. The summed E-state index contributed by atoms with van der Waals surface area (Å²) in [7, 11) is 0. The van der Waals surface area contributed by atoms with E-state index >= 15 is 0 Å². The van der Waals surface area contributed by atoms with E-state index in [2.05, 4.69) is 5.32 Å². The Balaban J connectivity index is 3.34. The highest BCUT2D eigenvalue weighted by atomic mass is 16.2. The lowest BCUT2D eigenvalue weighted by molar-refractivity contribution is -0.130. The van der Waals surface area contributed by atoms with Gasteiger partial charge in [0.15, 0.2) is 0 Å². The van der Waals surface area contributed by atoms with Crippen LogP contribution >= 0.6 is 0 Å². The molecule has 16 heavy (non-hydrogen) atoms. The van der Waals surface area contributed by atoms with Crippen LogP contribution in [-0.2, 0) is 9.59 Å². The lowest BCUT2D eigenvalue weighted by Gasteiger charge is -2.16. The van der Waals surface area contributed by atoms with E-state index < -0.39 is 0 Å². The number of carbonyl (C=O) groups is 2. The lowest BCUT2D eigenvalue weighted by Crippen LogP contribution is -2.41. The van der Waals surface area contributed by atoms with Crippen LogP contribution in [-0.4, -0.2) is 48.0 Å². The second-order valence-electron chi connectivity index (χ2n) is 3.53. The molecule has 0 bridgehead atoms. The van der Waals surface area contributed by atoms with Crippen molar-refractivity contribution >= 4 is 11.8 Å². The molecule has 0 radical (unpaired) electrons. The van der Waals surface area contributed by atoms with Crippen molar-refractivity contribution < 1.29 is 9.59 Å². The van der Waals surface area contributed by atoms with Crippen molar-refractivity contribution in [3.63, 3.8) is 0 Å². The molecular formula is C9H21N5O2. The summed E-state index contributed by atoms with van der Waals surface area (Å²) in [6, 6.07) is 0. The van der Waals surface area contributed by atoms with E-state index in [-0.39, 0.29) is 11.8 Å². The van der Waals surface area contributed by atoms with Gasteiger partial charge in [0, 0.05) is 33.5 Å². The smallest absolute Gasteiger partial charge is 0.233 e. The Kier molecular flexibility index (Phi) is 7.44. The standard InChI is InChI=1S/C9H21N5O2/c1-8(15)13(10)6-3-4-12-5-7-14(11)9(2)16/h12H,3-7,10-11H2,1-2H3. The molecule has 0 aliphatic rings. The minimum atomic E-state index is -0.161. The van der Waals surface area contributed by atoms with Crippen molar-refractivity contribution in [2.24, 2.45) is 11.7 Å². The van der Waals surface area contributed by atoms with Gasteiger partial charge in [-0.05, 0) is 13.0 Å². The number of amides is 2. The predicted molar refractivity (Wildman–Crippen MR) is 60.6 cm³/mol. The summed E-state index contributed by atoms with van der Waals surface area (Å²) in [6.45, 7) is 5.18. The number of hydrazine groups is 2. The van der Waals surface area contributed by atoms with E-state index in [0.29, 0.717) is 19.6 Å². The van der Waals surface area contributed by atoms with Gasteiger partial charge < -0.3 is 5.32 Å². The van der Waals surface area contributed by atoms with Crippen molar-refractivity contribution in [1.29, 1.82) is 0 Å². The van der Waals surface area contributed by atoms with Gasteiger partial charge in [-0.3, -0.25) is 19.6 Å². The van der Waals surface area contributed by atoms with Crippen LogP contribution < -0.4 is 17.0 Å². The zero-order chi connectivity index (χ0) is 12.6. The second-order valence-corrected chi connectivity index (χ2v) is 3.53. The monoisotopic (exact) mass is 231 g/mol. The van der Waals surface area contributed by atoms with Gasteiger partial charge >= 0.3 is 0 Å². The fraction of sp³-hybridized carbons (Fsp3) is 0.778. The third-order valence-corrected chi connectivity index (χ3v) is 2.09. The molecule has 94 valence electrons. The molecule has 0 aromatic rings. The minimum Gasteiger partial charge on any atom is -0.315 e. The Morgan fingerprint density at radius 1 is 1.00 bits per heavy atom. The highest BCUT2D eigenvalue weighted by Crippen LogP contribution is 1.84. The zero-order valence-electron chi connectivity index (χ0n) is 9.90. The van der Waals surface area contributed by atoms with Crippen LogP contribution in [0.5, 0.6) is 0 Å². The summed E-state index contributed by atoms with van der Waals surface area (Å²) in [5, 5.41) is 5.42. The van der Waals surface area contributed by atoms with Crippen LogP contribution in [0.3, 0.4) is 0 Å². The fourth-order valence-electron chi connectivity index (χ4n) is 1.01. The summed E-state index contributed by atoms with van der Waals surface area (Å²) in [5.41, 5.74) is 0. The fourth-order valence-corrected chi connectivity index (χ4v) is 1.01. The minimum absolute atomic E-state index is 0.148. The van der Waals surface area contributed by atoms with Gasteiger partial charge in [-0.2, -0.15) is 0 Å². The van der Waals surface area contributed by atoms with Gasteiger partial charge in [-0.25, -0.2) is 11.7 Å². The Morgan fingerprint density at radius 3 is 2.00 bits per heavy atom. The molecule has 0 saturated carbocycles. The summed E-state index contributed by atoms with van der Waals surface area (Å²) in [6.07, 6.45) is 0.765. The van der Waals surface area contributed by atoms with Crippen LogP contribution in [0.2, 0.25) is 0 Å². The highest BCUT2D eigenvalue weighted by molar-refractivity contribution is 5.72. The SMILES string of the molecule is CC(=O)N(N)CCCNCCN(N)C(C)=O. The third kappa shape index (κ3) is 7.16. The van der Waals surface area contributed by atoms with E-state index in [1.165, 1.54) is 18.9 Å². The van der Waals surface area contributed by atoms with E-state index in [1.54, 1.807) is 0 Å². The zero-order valence-corrected chi connectivity index (χ0v) is 9.90. The van der Waals surface area contributed by atoms with Crippen molar-refractivity contribution in [1.82, 2.24) is 15.3 Å². The van der Waals surface area contributed by atoms with Crippen LogP contribution in [0, 0.1) is 0 Å². The first-order valence-corrected chi connectivity index (χ1v) is 5.21. The largest absolute Gasteiger partial charge is 0.315 e. The number of nitrogens with zero attached hydrogens (tertiary/aromatic N) is 2. The topological polar surface area (TPSA) is 105 Å². The van der Waals surface area contributed by atoms with E-state index in [4.69, 9.17) is 11.7 Å². The average molecular weight is 231 g/mol. The maximum absolute atomic E-state index is 10.7. The van der Waals surface area contributed by atoms with Gasteiger partial charge in [0.2, 0.25) is 11.8 Å². The molecule has 0 saturated heterocycles. The van der Waals surface area contributed by atoms with E-state index in [9.17, 15) is 9.59 Å². The number of nitrogens with one attached hydrogen (secondary N) is 1. The molecule has 5 N–H and O–H groups in total. The van der Waals surface area contributed by atoms with Gasteiger partial charge in [0.05, 0.1) is 0 Å². The second kappa shape index (κ2) is 8.03. The Labute approximate surface area is 95.7 Å². The Hall–Kier alpha value is -1.18. The summed E-state index contributed by atoms with van der Waals surface area (Å²) in [4.78, 5) is 21.5. The van der Waals surface area contributed by atoms with Gasteiger partial charge in [-0.1, -0.05) is 0 Å². The summed E-state index contributed by atoms with van der Waals surface area (Å²) < 4.78 is 0. The summed E-state index contributed by atoms with van der Waals surface area (Å²) >= 11 is 0. The predicted octanol–water partition coefficient (Wildman–Crippen LogP) is -1.59. The number of carbonyl (C=O) groups excluding carboxylic acids is 2. The molecule has 0 heterocycles. The number of rotatable bonds is 7. The molecule has 0 aliphatic heterocycles. The van der Waals surface area contributed by atoms with Gasteiger partial charge in [0.1, 0.15) is 0 Å². The molecule has 0 atom stereocenters.